The number of nitrogens with one attached hydrogen (secondary N) is 1. The Labute approximate surface area is 156 Å². The minimum Gasteiger partial charge on any atom is -0.497 e. The van der Waals surface area contributed by atoms with E-state index in [2.05, 4.69) is 15.3 Å². The Bertz CT molecular complexity index is 1100. The Kier molecular flexibility index (Phi) is 4.27. The van der Waals surface area contributed by atoms with Crippen molar-refractivity contribution in [1.29, 1.82) is 0 Å². The molecule has 1 aromatic carbocycles. The number of ether oxygens (including phenoxy) is 1. The molecule has 4 rings (SSSR count). The topological polar surface area (TPSA) is 81.7 Å². The van der Waals surface area contributed by atoms with Crippen molar-refractivity contribution in [2.75, 3.05) is 7.11 Å². The first-order chi connectivity index (χ1) is 13.1. The summed E-state index contributed by atoms with van der Waals surface area (Å²) >= 11 is 0. The molecule has 1 N–H and O–H groups in total. The van der Waals surface area contributed by atoms with Crippen molar-refractivity contribution in [3.05, 3.63) is 59.9 Å². The van der Waals surface area contributed by atoms with Crippen LogP contribution in [0.4, 0.5) is 0 Å². The predicted molar refractivity (Wildman–Crippen MR) is 101 cm³/mol. The summed E-state index contributed by atoms with van der Waals surface area (Å²) in [5.74, 6) is 1.33. The van der Waals surface area contributed by atoms with Gasteiger partial charge in [0.2, 0.25) is 5.78 Å². The van der Waals surface area contributed by atoms with E-state index in [0.29, 0.717) is 29.3 Å². The van der Waals surface area contributed by atoms with Gasteiger partial charge in [0.25, 0.3) is 5.91 Å². The van der Waals surface area contributed by atoms with Crippen LogP contribution < -0.4 is 10.1 Å². The molecule has 0 saturated carbocycles. The van der Waals surface area contributed by atoms with Crippen LogP contribution in [0.5, 0.6) is 5.75 Å². The third-order valence-corrected chi connectivity index (χ3v) is 4.68. The second kappa shape index (κ2) is 6.75. The fourth-order valence-corrected chi connectivity index (χ4v) is 3.17. The Balaban J connectivity index is 1.63. The molecule has 0 radical (unpaired) electrons. The number of nitrogens with zero attached hydrogens (tertiary/aromatic N) is 3. The van der Waals surface area contributed by atoms with E-state index in [1.807, 2.05) is 48.8 Å². The van der Waals surface area contributed by atoms with E-state index < -0.39 is 0 Å². The third kappa shape index (κ3) is 3.01. The van der Waals surface area contributed by atoms with Crippen LogP contribution in [-0.2, 0) is 0 Å². The molecular weight excluding hydrogens is 344 g/mol. The van der Waals surface area contributed by atoms with E-state index in [9.17, 15) is 4.79 Å². The van der Waals surface area contributed by atoms with E-state index in [0.717, 1.165) is 16.6 Å². The number of hydrogen-bond donors (Lipinski definition) is 1. The number of aromatic nitrogens is 3. The lowest BCUT2D eigenvalue weighted by Gasteiger charge is -2.13. The number of fused-ring (bicyclic) bond motifs is 2. The molecule has 7 heteroatoms. The van der Waals surface area contributed by atoms with Crippen molar-refractivity contribution in [3.63, 3.8) is 0 Å². The molecular formula is C20H20N4O3. The second-order valence-electron chi connectivity index (χ2n) is 6.35. The van der Waals surface area contributed by atoms with Crippen LogP contribution in [0.1, 0.15) is 41.2 Å². The van der Waals surface area contributed by atoms with Crippen LogP contribution in [0.15, 0.2) is 47.3 Å². The van der Waals surface area contributed by atoms with Crippen molar-refractivity contribution in [3.8, 4) is 5.75 Å². The standard InChI is InChI=1S/C20H20N4O3/c1-4-15(16-11-24-9-5-8-21-20(24)23-16)22-19(25)18-12(2)14-7-6-13(26-3)10-17(14)27-18/h5-11,15H,4H2,1-3H3,(H,22,25)/t15-/m1/s1. The van der Waals surface area contributed by atoms with Gasteiger partial charge in [-0.3, -0.25) is 9.20 Å². The molecule has 0 aliphatic rings. The highest BCUT2D eigenvalue weighted by molar-refractivity contribution is 5.99. The van der Waals surface area contributed by atoms with E-state index in [-0.39, 0.29) is 11.9 Å². The number of methoxy groups -OCH3 is 1. The largest absolute Gasteiger partial charge is 0.497 e. The van der Waals surface area contributed by atoms with Crippen molar-refractivity contribution >= 4 is 22.7 Å². The molecule has 4 aromatic rings. The Hall–Kier alpha value is -3.35. The number of hydrogen-bond acceptors (Lipinski definition) is 5. The van der Waals surface area contributed by atoms with Gasteiger partial charge in [-0.25, -0.2) is 9.97 Å². The van der Waals surface area contributed by atoms with Gasteiger partial charge in [0.15, 0.2) is 5.76 Å². The summed E-state index contributed by atoms with van der Waals surface area (Å²) in [7, 11) is 1.60. The lowest BCUT2D eigenvalue weighted by Crippen LogP contribution is -2.28. The summed E-state index contributed by atoms with van der Waals surface area (Å²) < 4.78 is 12.9. The molecule has 1 atom stereocenters. The maximum absolute atomic E-state index is 12.9. The van der Waals surface area contributed by atoms with Crippen LogP contribution in [0.2, 0.25) is 0 Å². The summed E-state index contributed by atoms with van der Waals surface area (Å²) in [4.78, 5) is 21.6. The van der Waals surface area contributed by atoms with Crippen molar-refractivity contribution in [2.45, 2.75) is 26.3 Å². The fourth-order valence-electron chi connectivity index (χ4n) is 3.17. The zero-order chi connectivity index (χ0) is 19.0. The lowest BCUT2D eigenvalue weighted by molar-refractivity contribution is 0.0908. The Morgan fingerprint density at radius 2 is 2.26 bits per heavy atom. The molecule has 0 fully saturated rings. The van der Waals surface area contributed by atoms with Gasteiger partial charge < -0.3 is 14.5 Å². The summed E-state index contributed by atoms with van der Waals surface area (Å²) in [5.41, 5.74) is 2.19. The second-order valence-corrected chi connectivity index (χ2v) is 6.35. The van der Waals surface area contributed by atoms with Crippen LogP contribution in [0.3, 0.4) is 0 Å². The third-order valence-electron chi connectivity index (χ3n) is 4.68. The minimum atomic E-state index is -0.264. The average molecular weight is 364 g/mol. The van der Waals surface area contributed by atoms with Crippen LogP contribution in [0.25, 0.3) is 16.7 Å². The van der Waals surface area contributed by atoms with E-state index >= 15 is 0 Å². The highest BCUT2D eigenvalue weighted by Gasteiger charge is 2.22. The molecule has 0 aliphatic heterocycles. The summed E-state index contributed by atoms with van der Waals surface area (Å²) in [6, 6.07) is 7.13. The zero-order valence-corrected chi connectivity index (χ0v) is 15.4. The molecule has 3 aromatic heterocycles. The molecule has 7 nitrogen and oxygen atoms in total. The van der Waals surface area contributed by atoms with Crippen LogP contribution >= 0.6 is 0 Å². The predicted octanol–water partition coefficient (Wildman–Crippen LogP) is 3.67. The molecule has 0 unspecified atom stereocenters. The van der Waals surface area contributed by atoms with E-state index in [4.69, 9.17) is 9.15 Å². The molecule has 0 saturated heterocycles. The van der Waals surface area contributed by atoms with Crippen LogP contribution in [0, 0.1) is 6.92 Å². The zero-order valence-electron chi connectivity index (χ0n) is 15.4. The van der Waals surface area contributed by atoms with Gasteiger partial charge in [0.05, 0.1) is 18.8 Å². The molecule has 0 bridgehead atoms. The number of furan rings is 1. The van der Waals surface area contributed by atoms with E-state index in [1.54, 1.807) is 19.4 Å². The smallest absolute Gasteiger partial charge is 0.287 e. The number of carbonyl (C=O) groups excluding carboxylic acids is 1. The normalized spacial score (nSPS) is 12.4. The van der Waals surface area contributed by atoms with Gasteiger partial charge in [-0.2, -0.15) is 0 Å². The maximum atomic E-state index is 12.9. The molecule has 1 amide bonds. The molecule has 0 aliphatic carbocycles. The molecule has 27 heavy (non-hydrogen) atoms. The molecule has 0 spiro atoms. The summed E-state index contributed by atoms with van der Waals surface area (Å²) in [5, 5.41) is 3.92. The first kappa shape index (κ1) is 17.1. The molecule has 3 heterocycles. The Morgan fingerprint density at radius 3 is 3.00 bits per heavy atom. The van der Waals surface area contributed by atoms with Gasteiger partial charge in [-0.1, -0.05) is 6.92 Å². The lowest BCUT2D eigenvalue weighted by atomic mass is 10.1. The first-order valence-corrected chi connectivity index (χ1v) is 8.78. The van der Waals surface area contributed by atoms with Gasteiger partial charge in [0, 0.05) is 35.6 Å². The average Bonchev–Trinajstić information content (AvgIpc) is 3.26. The van der Waals surface area contributed by atoms with Gasteiger partial charge in [0.1, 0.15) is 11.3 Å². The number of amides is 1. The van der Waals surface area contributed by atoms with Crippen molar-refractivity contribution in [1.82, 2.24) is 19.7 Å². The number of benzene rings is 1. The van der Waals surface area contributed by atoms with Gasteiger partial charge in [-0.15, -0.1) is 0 Å². The van der Waals surface area contributed by atoms with Gasteiger partial charge in [-0.05, 0) is 31.5 Å². The number of aryl methyl sites for hydroxylation is 1. The quantitative estimate of drug-likeness (QED) is 0.584. The minimum absolute atomic E-state index is 0.235. The van der Waals surface area contributed by atoms with Crippen molar-refractivity contribution < 1.29 is 13.9 Å². The summed E-state index contributed by atoms with van der Waals surface area (Å²) in [6.07, 6.45) is 6.15. The summed E-state index contributed by atoms with van der Waals surface area (Å²) in [6.45, 7) is 3.88. The number of rotatable bonds is 5. The SMILES string of the molecule is CC[C@@H](NC(=O)c1oc2cc(OC)ccc2c1C)c1cn2cccnc2n1. The first-order valence-electron chi connectivity index (χ1n) is 8.78. The van der Waals surface area contributed by atoms with E-state index in [1.165, 1.54) is 0 Å². The fraction of sp³-hybridized carbons (Fsp3) is 0.250. The monoisotopic (exact) mass is 364 g/mol. The van der Waals surface area contributed by atoms with Crippen LogP contribution in [-0.4, -0.2) is 27.4 Å². The number of carbonyl (C=O) groups is 1. The number of imidazole rings is 1. The molecule has 138 valence electrons. The Morgan fingerprint density at radius 1 is 1.41 bits per heavy atom. The maximum Gasteiger partial charge on any atom is 0.287 e. The highest BCUT2D eigenvalue weighted by Crippen LogP contribution is 2.29. The highest BCUT2D eigenvalue weighted by atomic mass is 16.5. The van der Waals surface area contributed by atoms with Crippen molar-refractivity contribution in [2.24, 2.45) is 0 Å². The van der Waals surface area contributed by atoms with Gasteiger partial charge >= 0.3 is 0 Å².